The minimum atomic E-state index is -5.31. The number of halogens is 6. The molecule has 11 heteroatoms. The molecular weight excluding hydrogens is 298 g/mol. The molecule has 1 aliphatic rings. The van der Waals surface area contributed by atoms with Crippen LogP contribution in [0, 0.1) is 0 Å². The van der Waals surface area contributed by atoms with Crippen molar-refractivity contribution in [3.05, 3.63) is 17.0 Å². The third kappa shape index (κ3) is 2.71. The lowest BCUT2D eigenvalue weighted by Gasteiger charge is -2.24. The molecule has 0 saturated carbocycles. The van der Waals surface area contributed by atoms with Crippen LogP contribution in [0.5, 0.6) is 0 Å². The molecule has 1 aliphatic heterocycles. The fourth-order valence-corrected chi connectivity index (χ4v) is 1.68. The van der Waals surface area contributed by atoms with Gasteiger partial charge in [0.15, 0.2) is 11.9 Å². The maximum absolute atomic E-state index is 12.6. The summed E-state index contributed by atoms with van der Waals surface area (Å²) in [6.45, 7) is -0.0186. The summed E-state index contributed by atoms with van der Waals surface area (Å²) in [6.07, 6.45) is -12.2. The minimum Gasteiger partial charge on any atom is -0.435 e. The van der Waals surface area contributed by atoms with Gasteiger partial charge in [0, 0.05) is 13.0 Å². The number of nitrogens with one attached hydrogen (secondary N) is 1. The molecule has 112 valence electrons. The SMILES string of the molecule is O=C(OC1NCCc2onc(C(F)(F)F)c21)C(F)(F)F. The lowest BCUT2D eigenvalue weighted by molar-refractivity contribution is -0.207. The van der Waals surface area contributed by atoms with Crippen LogP contribution in [0.1, 0.15) is 23.2 Å². The van der Waals surface area contributed by atoms with E-state index in [0.29, 0.717) is 0 Å². The monoisotopic (exact) mass is 304 g/mol. The number of esters is 1. The molecule has 0 spiro atoms. The Kier molecular flexibility index (Phi) is 3.40. The lowest BCUT2D eigenvalue weighted by Crippen LogP contribution is -2.37. The molecule has 1 N–H and O–H groups in total. The van der Waals surface area contributed by atoms with Gasteiger partial charge in [-0.25, -0.2) is 4.79 Å². The van der Waals surface area contributed by atoms with E-state index in [-0.39, 0.29) is 18.7 Å². The van der Waals surface area contributed by atoms with Gasteiger partial charge < -0.3 is 9.26 Å². The predicted octanol–water partition coefficient (Wildman–Crippen LogP) is 1.94. The zero-order valence-corrected chi connectivity index (χ0v) is 9.43. The van der Waals surface area contributed by atoms with Crippen LogP contribution in [0.4, 0.5) is 26.3 Å². The van der Waals surface area contributed by atoms with Gasteiger partial charge in [0.05, 0.1) is 5.56 Å². The normalized spacial score (nSPS) is 19.6. The first-order chi connectivity index (χ1) is 9.10. The fourth-order valence-electron chi connectivity index (χ4n) is 1.68. The summed E-state index contributed by atoms with van der Waals surface area (Å²) in [5.41, 5.74) is -2.25. The van der Waals surface area contributed by atoms with Crippen LogP contribution in [0.25, 0.3) is 0 Å². The van der Waals surface area contributed by atoms with E-state index >= 15 is 0 Å². The van der Waals surface area contributed by atoms with Gasteiger partial charge >= 0.3 is 18.3 Å². The van der Waals surface area contributed by atoms with Crippen LogP contribution in [-0.4, -0.2) is 23.8 Å². The average molecular weight is 304 g/mol. The summed E-state index contributed by atoms with van der Waals surface area (Å²) in [5.74, 6) is -2.87. The molecule has 1 unspecified atom stereocenters. The van der Waals surface area contributed by atoms with Gasteiger partial charge in [-0.1, -0.05) is 5.16 Å². The minimum absolute atomic E-state index is 0.0154. The van der Waals surface area contributed by atoms with Crippen LogP contribution < -0.4 is 5.32 Å². The van der Waals surface area contributed by atoms with Crippen molar-refractivity contribution < 1.29 is 40.4 Å². The topological polar surface area (TPSA) is 64.4 Å². The Hall–Kier alpha value is -1.78. The third-order valence-corrected chi connectivity index (χ3v) is 2.47. The van der Waals surface area contributed by atoms with Crippen molar-refractivity contribution in [2.45, 2.75) is 25.0 Å². The molecule has 20 heavy (non-hydrogen) atoms. The largest absolute Gasteiger partial charge is 0.490 e. The molecular formula is C9H6F6N2O3. The highest BCUT2D eigenvalue weighted by molar-refractivity contribution is 5.76. The van der Waals surface area contributed by atoms with Crippen molar-refractivity contribution in [3.63, 3.8) is 0 Å². The number of ether oxygens (including phenoxy) is 1. The Morgan fingerprint density at radius 2 is 1.95 bits per heavy atom. The third-order valence-electron chi connectivity index (χ3n) is 2.47. The molecule has 0 fully saturated rings. The van der Waals surface area contributed by atoms with Crippen molar-refractivity contribution in [1.82, 2.24) is 10.5 Å². The Labute approximate surface area is 106 Å². The van der Waals surface area contributed by atoms with E-state index in [1.807, 2.05) is 0 Å². The van der Waals surface area contributed by atoms with Crippen LogP contribution in [0.2, 0.25) is 0 Å². The van der Waals surface area contributed by atoms with Gasteiger partial charge in [0.25, 0.3) is 0 Å². The van der Waals surface area contributed by atoms with E-state index in [1.165, 1.54) is 0 Å². The summed E-state index contributed by atoms with van der Waals surface area (Å²) in [5, 5.41) is 5.01. The molecule has 0 bridgehead atoms. The number of rotatable bonds is 1. The van der Waals surface area contributed by atoms with Crippen molar-refractivity contribution >= 4 is 5.97 Å². The quantitative estimate of drug-likeness (QED) is 0.634. The number of alkyl halides is 6. The molecule has 0 radical (unpaired) electrons. The molecule has 5 nitrogen and oxygen atoms in total. The first-order valence-corrected chi connectivity index (χ1v) is 5.17. The van der Waals surface area contributed by atoms with Gasteiger partial charge in [0.2, 0.25) is 0 Å². The van der Waals surface area contributed by atoms with Crippen molar-refractivity contribution in [2.24, 2.45) is 0 Å². The smallest absolute Gasteiger partial charge is 0.435 e. The second kappa shape index (κ2) is 4.65. The summed E-state index contributed by atoms with van der Waals surface area (Å²) < 4.78 is 82.6. The first kappa shape index (κ1) is 14.6. The van der Waals surface area contributed by atoms with E-state index in [2.05, 4.69) is 19.7 Å². The average Bonchev–Trinajstić information content (AvgIpc) is 2.71. The van der Waals surface area contributed by atoms with Gasteiger partial charge in [-0.2, -0.15) is 26.3 Å². The molecule has 1 atom stereocenters. The highest BCUT2D eigenvalue weighted by Gasteiger charge is 2.47. The van der Waals surface area contributed by atoms with E-state index in [4.69, 9.17) is 0 Å². The van der Waals surface area contributed by atoms with Crippen LogP contribution in [0.15, 0.2) is 4.52 Å². The molecule has 2 heterocycles. The Balaban J connectivity index is 2.32. The highest BCUT2D eigenvalue weighted by atomic mass is 19.4. The molecule has 1 aromatic heterocycles. The van der Waals surface area contributed by atoms with Crippen molar-refractivity contribution in [3.8, 4) is 0 Å². The zero-order chi connectivity index (χ0) is 15.1. The van der Waals surface area contributed by atoms with E-state index in [1.54, 1.807) is 0 Å². The predicted molar refractivity (Wildman–Crippen MR) is 48.1 cm³/mol. The van der Waals surface area contributed by atoms with Crippen molar-refractivity contribution in [2.75, 3.05) is 6.54 Å². The number of aromatic nitrogens is 1. The number of carbonyl (C=O) groups is 1. The number of hydrogen-bond donors (Lipinski definition) is 1. The summed E-state index contributed by atoms with van der Waals surface area (Å²) in [4.78, 5) is 10.7. The molecule has 0 aromatic carbocycles. The number of fused-ring (bicyclic) bond motifs is 1. The first-order valence-electron chi connectivity index (χ1n) is 5.17. The van der Waals surface area contributed by atoms with E-state index < -0.39 is 35.8 Å². The number of nitrogens with zero attached hydrogens (tertiary/aromatic N) is 1. The fraction of sp³-hybridized carbons (Fsp3) is 0.556. The summed E-state index contributed by atoms with van der Waals surface area (Å²) in [7, 11) is 0. The maximum Gasteiger partial charge on any atom is 0.490 e. The van der Waals surface area contributed by atoms with Crippen LogP contribution in [0.3, 0.4) is 0 Å². The highest BCUT2D eigenvalue weighted by Crippen LogP contribution is 2.38. The summed E-state index contributed by atoms with van der Waals surface area (Å²) >= 11 is 0. The molecule has 0 saturated heterocycles. The zero-order valence-electron chi connectivity index (χ0n) is 9.43. The van der Waals surface area contributed by atoms with Crippen molar-refractivity contribution in [1.29, 1.82) is 0 Å². The van der Waals surface area contributed by atoms with Gasteiger partial charge in [-0.15, -0.1) is 0 Å². The number of carbonyl (C=O) groups excluding carboxylic acids is 1. The molecule has 2 rings (SSSR count). The van der Waals surface area contributed by atoms with Gasteiger partial charge in [-0.3, -0.25) is 5.32 Å². The molecule has 0 aliphatic carbocycles. The van der Waals surface area contributed by atoms with Crippen LogP contribution >= 0.6 is 0 Å². The van der Waals surface area contributed by atoms with Gasteiger partial charge in [0.1, 0.15) is 5.76 Å². The van der Waals surface area contributed by atoms with E-state index in [0.717, 1.165) is 0 Å². The Bertz CT molecular complexity index is 521. The Morgan fingerprint density at radius 1 is 1.30 bits per heavy atom. The van der Waals surface area contributed by atoms with E-state index in [9.17, 15) is 31.1 Å². The summed E-state index contributed by atoms with van der Waals surface area (Å²) in [6, 6.07) is 0. The molecule has 1 aromatic rings. The maximum atomic E-state index is 12.6. The molecule has 0 amide bonds. The van der Waals surface area contributed by atoms with Crippen LogP contribution in [-0.2, 0) is 22.1 Å². The lowest BCUT2D eigenvalue weighted by atomic mass is 10.1. The Morgan fingerprint density at radius 3 is 2.50 bits per heavy atom. The number of hydrogen-bond acceptors (Lipinski definition) is 5. The standard InChI is InChI=1S/C9H6F6N2O3/c10-8(11,12)5-4-3(20-17-5)1-2-16-6(4)19-7(18)9(13,14)15/h6,16H,1-2H2. The second-order valence-corrected chi connectivity index (χ2v) is 3.85. The second-order valence-electron chi connectivity index (χ2n) is 3.85. The van der Waals surface area contributed by atoms with Gasteiger partial charge in [-0.05, 0) is 0 Å².